The Kier molecular flexibility index (Phi) is 5.57. The van der Waals surface area contributed by atoms with Crippen LogP contribution in [0.15, 0.2) is 18.2 Å². The Labute approximate surface area is 115 Å². The first-order valence-electron chi connectivity index (χ1n) is 5.59. The molecule has 1 aromatic rings. The number of rotatable bonds is 5. The van der Waals surface area contributed by atoms with Gasteiger partial charge in [-0.1, -0.05) is 17.7 Å². The van der Waals surface area contributed by atoms with E-state index in [2.05, 4.69) is 5.32 Å². The van der Waals surface area contributed by atoms with Crippen LogP contribution >= 0.6 is 11.6 Å². The Morgan fingerprint density at radius 1 is 1.47 bits per heavy atom. The van der Waals surface area contributed by atoms with Crippen LogP contribution in [0.3, 0.4) is 0 Å². The molecule has 0 heterocycles. The Balaban J connectivity index is 2.57. The van der Waals surface area contributed by atoms with Crippen LogP contribution in [-0.4, -0.2) is 35.6 Å². The van der Waals surface area contributed by atoms with Gasteiger partial charge in [-0.3, -0.25) is 4.79 Å². The molecule has 2 amide bonds. The van der Waals surface area contributed by atoms with E-state index in [-0.39, 0.29) is 23.7 Å². The van der Waals surface area contributed by atoms with Crippen LogP contribution < -0.4 is 5.32 Å². The monoisotopic (exact) mass is 288 g/mol. The van der Waals surface area contributed by atoms with Crippen molar-refractivity contribution < 1.29 is 19.1 Å². The standard InChI is InChI=1S/C12H14ClFN2O3/c1-16(7-3-6-10(17)18)12(19)15-11-8(13)4-2-5-9(11)14/h2,4-5H,3,6-7H2,1H3,(H,15,19)(H,17,18). The second-order valence-corrected chi connectivity index (χ2v) is 4.35. The van der Waals surface area contributed by atoms with Gasteiger partial charge in [0.05, 0.1) is 10.7 Å². The molecule has 104 valence electrons. The zero-order valence-electron chi connectivity index (χ0n) is 10.3. The predicted octanol–water partition coefficient (Wildman–Crippen LogP) is 2.81. The topological polar surface area (TPSA) is 69.6 Å². The highest BCUT2D eigenvalue weighted by Crippen LogP contribution is 2.24. The number of halogens is 2. The third-order valence-corrected chi connectivity index (χ3v) is 2.74. The average Bonchev–Trinajstić information content (AvgIpc) is 2.33. The molecular weight excluding hydrogens is 275 g/mol. The van der Waals surface area contributed by atoms with Crippen molar-refractivity contribution in [1.29, 1.82) is 0 Å². The molecule has 0 fully saturated rings. The van der Waals surface area contributed by atoms with Gasteiger partial charge in [-0.2, -0.15) is 0 Å². The molecule has 0 bridgehead atoms. The fraction of sp³-hybridized carbons (Fsp3) is 0.333. The number of carbonyl (C=O) groups excluding carboxylic acids is 1. The van der Waals surface area contributed by atoms with E-state index in [1.807, 2.05) is 0 Å². The van der Waals surface area contributed by atoms with E-state index in [1.54, 1.807) is 0 Å². The maximum absolute atomic E-state index is 13.4. The number of hydrogen-bond acceptors (Lipinski definition) is 2. The van der Waals surface area contributed by atoms with Gasteiger partial charge in [-0.25, -0.2) is 9.18 Å². The molecule has 0 saturated carbocycles. The summed E-state index contributed by atoms with van der Waals surface area (Å²) in [7, 11) is 1.49. The van der Waals surface area contributed by atoms with E-state index in [9.17, 15) is 14.0 Å². The van der Waals surface area contributed by atoms with Crippen molar-refractivity contribution in [2.24, 2.45) is 0 Å². The van der Waals surface area contributed by atoms with Gasteiger partial charge in [0.15, 0.2) is 0 Å². The van der Waals surface area contributed by atoms with Gasteiger partial charge in [0, 0.05) is 20.0 Å². The summed E-state index contributed by atoms with van der Waals surface area (Å²) in [5.74, 6) is -1.55. The average molecular weight is 289 g/mol. The highest BCUT2D eigenvalue weighted by atomic mass is 35.5. The lowest BCUT2D eigenvalue weighted by atomic mass is 10.3. The van der Waals surface area contributed by atoms with Crippen LogP contribution in [0.2, 0.25) is 5.02 Å². The minimum absolute atomic E-state index is 0.0297. The van der Waals surface area contributed by atoms with E-state index in [4.69, 9.17) is 16.7 Å². The first kappa shape index (κ1) is 15.2. The second kappa shape index (κ2) is 6.94. The smallest absolute Gasteiger partial charge is 0.321 e. The number of benzene rings is 1. The van der Waals surface area contributed by atoms with Crippen molar-refractivity contribution in [1.82, 2.24) is 4.90 Å². The molecule has 0 radical (unpaired) electrons. The lowest BCUT2D eigenvalue weighted by Gasteiger charge is -2.18. The molecule has 5 nitrogen and oxygen atoms in total. The molecule has 0 aliphatic heterocycles. The van der Waals surface area contributed by atoms with Crippen molar-refractivity contribution in [3.8, 4) is 0 Å². The van der Waals surface area contributed by atoms with E-state index in [1.165, 1.54) is 30.1 Å². The third kappa shape index (κ3) is 4.75. The highest BCUT2D eigenvalue weighted by molar-refractivity contribution is 6.33. The minimum Gasteiger partial charge on any atom is -0.481 e. The van der Waals surface area contributed by atoms with Crippen molar-refractivity contribution in [2.45, 2.75) is 12.8 Å². The third-order valence-electron chi connectivity index (χ3n) is 2.43. The van der Waals surface area contributed by atoms with Crippen LogP contribution in [0.5, 0.6) is 0 Å². The Bertz CT molecular complexity index is 462. The van der Waals surface area contributed by atoms with Crippen molar-refractivity contribution >= 4 is 29.3 Å². The number of para-hydroxylation sites is 1. The fourth-order valence-corrected chi connectivity index (χ4v) is 1.60. The summed E-state index contributed by atoms with van der Waals surface area (Å²) >= 11 is 5.77. The normalized spacial score (nSPS) is 10.1. The lowest BCUT2D eigenvalue weighted by Crippen LogP contribution is -2.32. The summed E-state index contributed by atoms with van der Waals surface area (Å²) in [6, 6.07) is 3.54. The summed E-state index contributed by atoms with van der Waals surface area (Å²) in [6.45, 7) is 0.254. The molecule has 7 heteroatoms. The molecule has 0 aliphatic rings. The quantitative estimate of drug-likeness (QED) is 0.875. The Hall–Kier alpha value is -1.82. The van der Waals surface area contributed by atoms with Crippen molar-refractivity contribution in [3.05, 3.63) is 29.0 Å². The molecule has 0 unspecified atom stereocenters. The Morgan fingerprint density at radius 2 is 2.16 bits per heavy atom. The molecule has 1 rings (SSSR count). The highest BCUT2D eigenvalue weighted by Gasteiger charge is 2.14. The number of urea groups is 1. The van der Waals surface area contributed by atoms with Gasteiger partial charge >= 0.3 is 12.0 Å². The summed E-state index contributed by atoms with van der Waals surface area (Å²) < 4.78 is 13.4. The number of carboxylic acids is 1. The van der Waals surface area contributed by atoms with Gasteiger partial charge in [-0.05, 0) is 18.6 Å². The molecule has 0 aromatic heterocycles. The number of hydrogen-bond donors (Lipinski definition) is 2. The van der Waals surface area contributed by atoms with Crippen LogP contribution in [-0.2, 0) is 4.79 Å². The summed E-state index contributed by atoms with van der Waals surface area (Å²) in [4.78, 5) is 23.3. The van der Waals surface area contributed by atoms with Gasteiger partial charge in [0.2, 0.25) is 0 Å². The number of carboxylic acid groups (broad SMARTS) is 1. The SMILES string of the molecule is CN(CCCC(=O)O)C(=O)Nc1c(F)cccc1Cl. The molecule has 0 aliphatic carbocycles. The molecule has 0 atom stereocenters. The number of amides is 2. The first-order valence-corrected chi connectivity index (χ1v) is 5.97. The van der Waals surface area contributed by atoms with Crippen LogP contribution in [0.25, 0.3) is 0 Å². The summed E-state index contributed by atoms with van der Waals surface area (Å²) in [5.41, 5.74) is -0.0840. The number of anilines is 1. The van der Waals surface area contributed by atoms with E-state index in [0.29, 0.717) is 6.42 Å². The van der Waals surface area contributed by atoms with Crippen molar-refractivity contribution in [2.75, 3.05) is 18.9 Å². The maximum atomic E-state index is 13.4. The van der Waals surface area contributed by atoms with E-state index in [0.717, 1.165) is 0 Å². The van der Waals surface area contributed by atoms with Crippen LogP contribution in [0.4, 0.5) is 14.9 Å². The van der Waals surface area contributed by atoms with Crippen LogP contribution in [0, 0.1) is 5.82 Å². The van der Waals surface area contributed by atoms with Gasteiger partial charge in [0.1, 0.15) is 5.82 Å². The summed E-state index contributed by atoms with van der Waals surface area (Å²) in [6.07, 6.45) is 0.294. The molecular formula is C12H14ClFN2O3. The molecule has 2 N–H and O–H groups in total. The molecule has 0 saturated heterocycles. The predicted molar refractivity (Wildman–Crippen MR) is 69.9 cm³/mol. The van der Waals surface area contributed by atoms with Gasteiger partial charge in [-0.15, -0.1) is 0 Å². The second-order valence-electron chi connectivity index (χ2n) is 3.95. The zero-order valence-corrected chi connectivity index (χ0v) is 11.1. The maximum Gasteiger partial charge on any atom is 0.321 e. The van der Waals surface area contributed by atoms with Crippen LogP contribution in [0.1, 0.15) is 12.8 Å². The number of carbonyl (C=O) groups is 2. The number of nitrogens with zero attached hydrogens (tertiary/aromatic N) is 1. The fourth-order valence-electron chi connectivity index (χ4n) is 1.39. The van der Waals surface area contributed by atoms with E-state index >= 15 is 0 Å². The molecule has 19 heavy (non-hydrogen) atoms. The Morgan fingerprint density at radius 3 is 2.74 bits per heavy atom. The molecule has 1 aromatic carbocycles. The number of nitrogens with one attached hydrogen (secondary N) is 1. The van der Waals surface area contributed by atoms with Gasteiger partial charge in [0.25, 0.3) is 0 Å². The minimum atomic E-state index is -0.925. The zero-order chi connectivity index (χ0) is 14.4. The largest absolute Gasteiger partial charge is 0.481 e. The van der Waals surface area contributed by atoms with Crippen molar-refractivity contribution in [3.63, 3.8) is 0 Å². The first-order chi connectivity index (χ1) is 8.91. The summed E-state index contributed by atoms with van der Waals surface area (Å²) in [5, 5.41) is 10.9. The molecule has 0 spiro atoms. The number of aliphatic carboxylic acids is 1. The van der Waals surface area contributed by atoms with E-state index < -0.39 is 17.8 Å². The lowest BCUT2D eigenvalue weighted by molar-refractivity contribution is -0.137. The van der Waals surface area contributed by atoms with Gasteiger partial charge < -0.3 is 15.3 Å².